The molecule has 156 valence electrons. The lowest BCUT2D eigenvalue weighted by atomic mass is 9.75. The van der Waals surface area contributed by atoms with Crippen LogP contribution in [-0.2, 0) is 29.2 Å². The van der Waals surface area contributed by atoms with Crippen molar-refractivity contribution in [2.24, 2.45) is 16.9 Å². The smallest absolute Gasteiger partial charge is 0.410 e. The highest BCUT2D eigenvalue weighted by atomic mass is 32.2. The van der Waals surface area contributed by atoms with Gasteiger partial charge in [0, 0.05) is 43.7 Å². The summed E-state index contributed by atoms with van der Waals surface area (Å²) in [4.78, 5) is 14.2. The van der Waals surface area contributed by atoms with Crippen LogP contribution < -0.4 is 0 Å². The maximum atomic E-state index is 12.8. The van der Waals surface area contributed by atoms with E-state index in [1.807, 2.05) is 54.8 Å². The fourth-order valence-electron chi connectivity index (χ4n) is 3.78. The van der Waals surface area contributed by atoms with Gasteiger partial charge in [0.25, 0.3) is 0 Å². The van der Waals surface area contributed by atoms with Crippen molar-refractivity contribution in [2.75, 3.05) is 13.1 Å². The SMILES string of the molecule is Cn1cc2c(n1)CC1(CCN(C(=O)OC(C)(C)C)CC1)C2=N[S@](=O)C(C)(C)C. The standard InChI is InChI=1S/C20H32N4O3S/c1-18(2,3)27-17(25)24-10-8-20(9-11-24)12-15-14(13-23(7)21-15)16(20)22-28(26)19(4,5)6/h13H,8-12H2,1-7H3/t28-/m1/s1. The molecule has 1 spiro atoms. The second-order valence-corrected chi connectivity index (χ2v) is 11.8. The lowest BCUT2D eigenvalue weighted by Crippen LogP contribution is -2.47. The molecule has 7 nitrogen and oxygen atoms in total. The summed E-state index contributed by atoms with van der Waals surface area (Å²) in [6, 6.07) is 0. The number of rotatable bonds is 1. The van der Waals surface area contributed by atoms with Crippen molar-refractivity contribution in [2.45, 2.75) is 71.2 Å². The van der Waals surface area contributed by atoms with Gasteiger partial charge >= 0.3 is 6.09 Å². The molecule has 8 heteroatoms. The van der Waals surface area contributed by atoms with E-state index in [1.54, 1.807) is 9.58 Å². The highest BCUT2D eigenvalue weighted by Crippen LogP contribution is 2.45. The van der Waals surface area contributed by atoms with E-state index >= 15 is 0 Å². The highest BCUT2D eigenvalue weighted by molar-refractivity contribution is 7.85. The first-order chi connectivity index (χ1) is 12.8. The van der Waals surface area contributed by atoms with Crippen molar-refractivity contribution >= 4 is 22.8 Å². The summed E-state index contributed by atoms with van der Waals surface area (Å²) in [5.74, 6) is 0. The molecule has 1 aliphatic heterocycles. The van der Waals surface area contributed by atoms with E-state index < -0.39 is 21.3 Å². The molecule has 1 aliphatic carbocycles. The van der Waals surface area contributed by atoms with Crippen molar-refractivity contribution in [3.8, 4) is 0 Å². The van der Waals surface area contributed by atoms with Crippen molar-refractivity contribution in [3.05, 3.63) is 17.5 Å². The Kier molecular flexibility index (Phi) is 5.23. The molecule has 2 aliphatic rings. The molecule has 3 rings (SSSR count). The number of hydrogen-bond acceptors (Lipinski definition) is 4. The molecule has 1 saturated heterocycles. The molecule has 0 unspecified atom stereocenters. The molecule has 1 amide bonds. The van der Waals surface area contributed by atoms with Crippen LogP contribution in [0.15, 0.2) is 10.6 Å². The summed E-state index contributed by atoms with van der Waals surface area (Å²) in [6.45, 7) is 12.6. The molecular formula is C20H32N4O3S. The molecule has 1 aromatic rings. The van der Waals surface area contributed by atoms with Crippen LogP contribution in [0.5, 0.6) is 0 Å². The number of hydrogen-bond donors (Lipinski definition) is 0. The molecule has 1 fully saturated rings. The second-order valence-electron chi connectivity index (χ2n) is 9.89. The fourth-order valence-corrected chi connectivity index (χ4v) is 4.51. The van der Waals surface area contributed by atoms with E-state index in [2.05, 4.69) is 5.10 Å². The van der Waals surface area contributed by atoms with Gasteiger partial charge in [-0.1, -0.05) is 0 Å². The molecule has 0 N–H and O–H groups in total. The molecule has 0 bridgehead atoms. The molecule has 1 aromatic heterocycles. The summed E-state index contributed by atoms with van der Waals surface area (Å²) in [6.07, 6.45) is 4.03. The summed E-state index contributed by atoms with van der Waals surface area (Å²) in [5, 5.41) is 4.59. The van der Waals surface area contributed by atoms with E-state index in [-0.39, 0.29) is 11.5 Å². The van der Waals surface area contributed by atoms with Crippen LogP contribution in [0.2, 0.25) is 0 Å². The second kappa shape index (κ2) is 6.97. The Morgan fingerprint density at radius 3 is 2.36 bits per heavy atom. The average molecular weight is 409 g/mol. The largest absolute Gasteiger partial charge is 0.444 e. The maximum absolute atomic E-state index is 12.8. The number of piperidine rings is 1. The van der Waals surface area contributed by atoms with Gasteiger partial charge in [-0.05, 0) is 54.4 Å². The normalized spacial score (nSPS) is 21.8. The minimum atomic E-state index is -1.34. The predicted molar refractivity (Wildman–Crippen MR) is 111 cm³/mol. The minimum absolute atomic E-state index is 0.203. The number of nitrogens with zero attached hydrogens (tertiary/aromatic N) is 4. The van der Waals surface area contributed by atoms with Crippen LogP contribution in [0.3, 0.4) is 0 Å². The van der Waals surface area contributed by atoms with Gasteiger partial charge in [0.15, 0.2) is 0 Å². The Bertz CT molecular complexity index is 821. The maximum Gasteiger partial charge on any atom is 0.410 e. The van der Waals surface area contributed by atoms with Gasteiger partial charge in [0.05, 0.1) is 16.2 Å². The van der Waals surface area contributed by atoms with Crippen LogP contribution >= 0.6 is 0 Å². The number of ether oxygens (including phenoxy) is 1. The van der Waals surface area contributed by atoms with Crippen LogP contribution in [-0.4, -0.2) is 54.1 Å². The zero-order valence-electron chi connectivity index (χ0n) is 18.0. The van der Waals surface area contributed by atoms with Crippen molar-refractivity contribution in [1.82, 2.24) is 14.7 Å². The lowest BCUT2D eigenvalue weighted by molar-refractivity contribution is 0.0158. The first kappa shape index (κ1) is 21.0. The Hall–Kier alpha value is -1.70. The van der Waals surface area contributed by atoms with Gasteiger partial charge in [-0.3, -0.25) is 4.68 Å². The first-order valence-electron chi connectivity index (χ1n) is 9.83. The van der Waals surface area contributed by atoms with E-state index in [4.69, 9.17) is 9.13 Å². The Morgan fingerprint density at radius 2 is 1.82 bits per heavy atom. The first-order valence-corrected chi connectivity index (χ1v) is 10.9. The third kappa shape index (κ3) is 4.16. The van der Waals surface area contributed by atoms with Gasteiger partial charge in [-0.2, -0.15) is 9.50 Å². The van der Waals surface area contributed by atoms with Crippen molar-refractivity contribution in [3.63, 3.8) is 0 Å². The predicted octanol–water partition coefficient (Wildman–Crippen LogP) is 3.24. The summed E-state index contributed by atoms with van der Waals surface area (Å²) in [7, 11) is 0.559. The Labute approximate surface area is 170 Å². The van der Waals surface area contributed by atoms with Gasteiger partial charge in [0.2, 0.25) is 0 Å². The van der Waals surface area contributed by atoms with Crippen LogP contribution in [0, 0.1) is 5.41 Å². The summed E-state index contributed by atoms with van der Waals surface area (Å²) in [5.41, 5.74) is 2.21. The number of aromatic nitrogens is 2. The highest BCUT2D eigenvalue weighted by Gasteiger charge is 2.48. The summed E-state index contributed by atoms with van der Waals surface area (Å²) < 4.78 is 24.4. The summed E-state index contributed by atoms with van der Waals surface area (Å²) >= 11 is 0. The zero-order chi connectivity index (χ0) is 20.9. The van der Waals surface area contributed by atoms with Crippen molar-refractivity contribution in [1.29, 1.82) is 0 Å². The van der Waals surface area contributed by atoms with Crippen LogP contribution in [0.4, 0.5) is 4.79 Å². The van der Waals surface area contributed by atoms with Crippen LogP contribution in [0.25, 0.3) is 0 Å². The topological polar surface area (TPSA) is 76.8 Å². The number of fused-ring (bicyclic) bond motifs is 1. The molecule has 28 heavy (non-hydrogen) atoms. The molecule has 2 heterocycles. The number of aryl methyl sites for hydroxylation is 1. The number of carbonyl (C=O) groups excluding carboxylic acids is 1. The third-order valence-corrected chi connectivity index (χ3v) is 6.63. The zero-order valence-corrected chi connectivity index (χ0v) is 18.9. The molecule has 0 saturated carbocycles. The quantitative estimate of drug-likeness (QED) is 0.715. The molecule has 0 aromatic carbocycles. The van der Waals surface area contributed by atoms with Gasteiger partial charge < -0.3 is 9.64 Å². The fraction of sp³-hybridized carbons (Fsp3) is 0.750. The van der Waals surface area contributed by atoms with E-state index in [0.29, 0.717) is 13.1 Å². The number of carbonyl (C=O) groups is 1. The number of likely N-dealkylation sites (tertiary alicyclic amines) is 1. The Balaban J connectivity index is 1.85. The van der Waals surface area contributed by atoms with Gasteiger partial charge in [0.1, 0.15) is 16.6 Å². The average Bonchev–Trinajstić information content (AvgIpc) is 3.00. The number of amides is 1. The molecular weight excluding hydrogens is 376 g/mol. The van der Waals surface area contributed by atoms with Crippen LogP contribution in [0.1, 0.15) is 65.6 Å². The minimum Gasteiger partial charge on any atom is -0.444 e. The third-order valence-electron chi connectivity index (χ3n) is 5.24. The monoisotopic (exact) mass is 408 g/mol. The molecule has 0 radical (unpaired) electrons. The van der Waals surface area contributed by atoms with Gasteiger partial charge in [-0.25, -0.2) is 9.00 Å². The molecule has 1 atom stereocenters. The van der Waals surface area contributed by atoms with E-state index in [9.17, 15) is 9.00 Å². The van der Waals surface area contributed by atoms with E-state index in [1.165, 1.54) is 0 Å². The Morgan fingerprint density at radius 1 is 1.21 bits per heavy atom. The van der Waals surface area contributed by atoms with E-state index in [0.717, 1.165) is 36.2 Å². The van der Waals surface area contributed by atoms with Gasteiger partial charge in [-0.15, -0.1) is 0 Å². The lowest BCUT2D eigenvalue weighted by Gasteiger charge is -2.40. The van der Waals surface area contributed by atoms with Crippen molar-refractivity contribution < 1.29 is 13.7 Å².